The zero-order valence-corrected chi connectivity index (χ0v) is 18.4. The number of anilines is 1. The van der Waals surface area contributed by atoms with Gasteiger partial charge in [0, 0.05) is 48.5 Å². The van der Waals surface area contributed by atoms with Crippen molar-refractivity contribution in [1.82, 2.24) is 4.90 Å². The van der Waals surface area contributed by atoms with Crippen LogP contribution in [0.2, 0.25) is 0 Å². The lowest BCUT2D eigenvalue weighted by Gasteiger charge is -2.36. The third-order valence-corrected chi connectivity index (χ3v) is 6.28. The molecule has 0 fully saturated rings. The second-order valence-corrected chi connectivity index (χ2v) is 9.19. The van der Waals surface area contributed by atoms with E-state index in [9.17, 15) is 4.79 Å². The lowest BCUT2D eigenvalue weighted by Crippen LogP contribution is -2.32. The first kappa shape index (κ1) is 19.9. The molecule has 0 radical (unpaired) electrons. The van der Waals surface area contributed by atoms with Crippen LogP contribution >= 0.6 is 11.8 Å². The van der Waals surface area contributed by atoms with E-state index in [1.165, 1.54) is 17.3 Å². The Morgan fingerprint density at radius 3 is 2.66 bits per heavy atom. The fraction of sp³-hybridized carbons (Fsp3) is 0.348. The van der Waals surface area contributed by atoms with E-state index in [1.54, 1.807) is 26.1 Å². The number of fused-ring (bicyclic) bond motifs is 5. The van der Waals surface area contributed by atoms with E-state index in [4.69, 9.17) is 9.47 Å². The predicted molar refractivity (Wildman–Crippen MR) is 119 cm³/mol. The van der Waals surface area contributed by atoms with Crippen molar-refractivity contribution < 1.29 is 14.3 Å². The molecule has 152 valence electrons. The minimum absolute atomic E-state index is 0.0220. The van der Waals surface area contributed by atoms with E-state index in [1.807, 2.05) is 18.2 Å². The Hall–Kier alpha value is -2.44. The first-order valence-corrected chi connectivity index (χ1v) is 10.4. The summed E-state index contributed by atoms with van der Waals surface area (Å²) in [5.41, 5.74) is 6.22. The number of nitrogens with one attached hydrogen (secondary N) is 1. The van der Waals surface area contributed by atoms with Crippen molar-refractivity contribution in [3.05, 3.63) is 47.5 Å². The van der Waals surface area contributed by atoms with Gasteiger partial charge in [-0.3, -0.25) is 4.79 Å². The van der Waals surface area contributed by atoms with Gasteiger partial charge in [-0.2, -0.15) is 0 Å². The number of hydrogen-bond acceptors (Lipinski definition) is 5. The maximum atomic E-state index is 12.4. The molecule has 2 aromatic carbocycles. The number of ether oxygens (including phenoxy) is 2. The molecule has 2 heterocycles. The number of amides is 1. The van der Waals surface area contributed by atoms with E-state index in [0.29, 0.717) is 0 Å². The lowest BCUT2D eigenvalue weighted by molar-refractivity contribution is -0.0581. The number of nitrogens with zero attached hydrogens (tertiary/aromatic N) is 1. The largest absolute Gasteiger partial charge is 0.460 e. The standard InChI is InChI=1S/C23H26N2O3S/c1-13-12-23(2,3)24-15-11-10-14-19-16(28-21(27-6)20(14)18(13)15)8-7-9-17(19)29-22(26)25(4)5/h7-12,21,24H,1-6H3. The summed E-state index contributed by atoms with van der Waals surface area (Å²) in [6.45, 7) is 6.43. The van der Waals surface area contributed by atoms with Crippen molar-refractivity contribution in [3.8, 4) is 16.9 Å². The molecule has 1 N–H and O–H groups in total. The monoisotopic (exact) mass is 410 g/mol. The zero-order chi connectivity index (χ0) is 20.9. The molecule has 29 heavy (non-hydrogen) atoms. The maximum Gasteiger partial charge on any atom is 0.285 e. The number of rotatable bonds is 2. The number of thioether (sulfide) groups is 1. The summed E-state index contributed by atoms with van der Waals surface area (Å²) in [4.78, 5) is 14.9. The Kier molecular flexibility index (Phi) is 4.87. The number of carbonyl (C=O) groups excluding carboxylic acids is 1. The summed E-state index contributed by atoms with van der Waals surface area (Å²) >= 11 is 1.21. The van der Waals surface area contributed by atoms with Crippen molar-refractivity contribution in [1.29, 1.82) is 0 Å². The van der Waals surface area contributed by atoms with Crippen molar-refractivity contribution in [2.45, 2.75) is 37.5 Å². The normalized spacial score (nSPS) is 18.4. The number of hydrogen-bond donors (Lipinski definition) is 1. The van der Waals surface area contributed by atoms with Crippen molar-refractivity contribution >= 4 is 28.3 Å². The molecule has 2 aliphatic heterocycles. The zero-order valence-electron chi connectivity index (χ0n) is 17.6. The van der Waals surface area contributed by atoms with E-state index in [2.05, 4.69) is 44.3 Å². The Bertz CT molecular complexity index is 1030. The van der Waals surface area contributed by atoms with Gasteiger partial charge in [0.15, 0.2) is 0 Å². The quantitative estimate of drug-likeness (QED) is 0.637. The van der Waals surface area contributed by atoms with Crippen LogP contribution in [-0.4, -0.2) is 36.9 Å². The second-order valence-electron chi connectivity index (χ2n) is 8.20. The number of allylic oxidation sites excluding steroid dienone is 1. The number of methoxy groups -OCH3 is 1. The van der Waals surface area contributed by atoms with Gasteiger partial charge < -0.3 is 19.7 Å². The van der Waals surface area contributed by atoms with Crippen LogP contribution in [0.25, 0.3) is 16.7 Å². The molecule has 6 heteroatoms. The predicted octanol–water partition coefficient (Wildman–Crippen LogP) is 5.77. The Balaban J connectivity index is 1.94. The van der Waals surface area contributed by atoms with Crippen LogP contribution in [0.5, 0.6) is 5.75 Å². The molecule has 0 saturated heterocycles. The summed E-state index contributed by atoms with van der Waals surface area (Å²) in [6.07, 6.45) is 1.72. The fourth-order valence-electron chi connectivity index (χ4n) is 4.09. The Labute approximate surface area is 176 Å². The van der Waals surface area contributed by atoms with Crippen LogP contribution in [0, 0.1) is 0 Å². The highest BCUT2D eigenvalue weighted by Gasteiger charge is 2.35. The second kappa shape index (κ2) is 7.11. The Morgan fingerprint density at radius 1 is 1.21 bits per heavy atom. The minimum atomic E-state index is -0.511. The third kappa shape index (κ3) is 3.40. The first-order chi connectivity index (χ1) is 13.7. The van der Waals surface area contributed by atoms with Crippen LogP contribution in [0.1, 0.15) is 38.2 Å². The van der Waals surface area contributed by atoms with Gasteiger partial charge in [-0.25, -0.2) is 0 Å². The van der Waals surface area contributed by atoms with Crippen LogP contribution < -0.4 is 10.1 Å². The highest BCUT2D eigenvalue weighted by atomic mass is 32.2. The molecule has 0 saturated carbocycles. The highest BCUT2D eigenvalue weighted by molar-refractivity contribution is 8.13. The summed E-state index contributed by atoms with van der Waals surface area (Å²) in [6, 6.07) is 10.0. The molecule has 4 rings (SSSR count). The van der Waals surface area contributed by atoms with E-state index < -0.39 is 6.29 Å². The smallest absolute Gasteiger partial charge is 0.285 e. The summed E-state index contributed by atoms with van der Waals surface area (Å²) < 4.78 is 12.0. The van der Waals surface area contributed by atoms with Crippen molar-refractivity contribution in [3.63, 3.8) is 0 Å². The average molecular weight is 411 g/mol. The van der Waals surface area contributed by atoms with Gasteiger partial charge in [-0.1, -0.05) is 18.2 Å². The molecule has 1 unspecified atom stereocenters. The van der Waals surface area contributed by atoms with Gasteiger partial charge in [-0.05, 0) is 61.9 Å². The van der Waals surface area contributed by atoms with Gasteiger partial charge in [0.25, 0.3) is 5.24 Å². The van der Waals surface area contributed by atoms with Crippen molar-refractivity contribution in [2.75, 3.05) is 26.5 Å². The van der Waals surface area contributed by atoms with Gasteiger partial charge in [0.2, 0.25) is 6.29 Å². The molecule has 0 spiro atoms. The molecule has 2 aromatic rings. The summed E-state index contributed by atoms with van der Waals surface area (Å²) in [7, 11) is 5.17. The average Bonchev–Trinajstić information content (AvgIpc) is 2.65. The van der Waals surface area contributed by atoms with Gasteiger partial charge in [-0.15, -0.1) is 0 Å². The molecular formula is C23H26N2O3S. The summed E-state index contributed by atoms with van der Waals surface area (Å²) in [5, 5.41) is 3.57. The van der Waals surface area contributed by atoms with Gasteiger partial charge in [0.1, 0.15) is 5.75 Å². The summed E-state index contributed by atoms with van der Waals surface area (Å²) in [5.74, 6) is 0.728. The van der Waals surface area contributed by atoms with Gasteiger partial charge >= 0.3 is 0 Å². The van der Waals surface area contributed by atoms with Crippen LogP contribution in [-0.2, 0) is 4.74 Å². The number of carbonyl (C=O) groups is 1. The SMILES string of the molecule is COC1Oc2cccc(SC(=O)N(C)C)c2-c2ccc3c(c21)C(C)=CC(C)(C)N3. The maximum absolute atomic E-state index is 12.4. The molecule has 0 aromatic heterocycles. The van der Waals surface area contributed by atoms with Gasteiger partial charge in [0.05, 0.1) is 5.54 Å². The molecule has 1 atom stereocenters. The molecule has 0 aliphatic carbocycles. The lowest BCUT2D eigenvalue weighted by atomic mass is 9.84. The molecular weight excluding hydrogens is 384 g/mol. The van der Waals surface area contributed by atoms with Crippen LogP contribution in [0.15, 0.2) is 41.3 Å². The Morgan fingerprint density at radius 2 is 1.97 bits per heavy atom. The highest BCUT2D eigenvalue weighted by Crippen LogP contribution is 2.51. The molecule has 1 amide bonds. The van der Waals surface area contributed by atoms with Crippen LogP contribution in [0.4, 0.5) is 10.5 Å². The van der Waals surface area contributed by atoms with E-state index in [-0.39, 0.29) is 10.8 Å². The third-order valence-electron chi connectivity index (χ3n) is 5.18. The fourth-order valence-corrected chi connectivity index (χ4v) is 4.92. The topological polar surface area (TPSA) is 50.8 Å². The molecule has 0 bridgehead atoms. The molecule has 5 nitrogen and oxygen atoms in total. The minimum Gasteiger partial charge on any atom is -0.460 e. The van der Waals surface area contributed by atoms with Crippen LogP contribution in [0.3, 0.4) is 0 Å². The number of benzene rings is 2. The van der Waals surface area contributed by atoms with Crippen molar-refractivity contribution in [2.24, 2.45) is 0 Å². The van der Waals surface area contributed by atoms with E-state index in [0.717, 1.165) is 38.6 Å². The molecule has 2 aliphatic rings. The van der Waals surface area contributed by atoms with E-state index >= 15 is 0 Å². The first-order valence-electron chi connectivity index (χ1n) is 9.58.